The van der Waals surface area contributed by atoms with E-state index in [4.69, 9.17) is 16.3 Å². The molecular formula is C20H26ClN3O3S. The monoisotopic (exact) mass is 423 g/mol. The number of benzene rings is 1. The van der Waals surface area contributed by atoms with Crippen molar-refractivity contribution in [2.45, 2.75) is 44.1 Å². The molecule has 1 amide bonds. The minimum Gasteiger partial charge on any atom is -0.378 e. The quantitative estimate of drug-likeness (QED) is 0.526. The number of carbonyl (C=O) groups excluding carboxylic acids is 1. The van der Waals surface area contributed by atoms with Gasteiger partial charge in [0.2, 0.25) is 5.91 Å². The van der Waals surface area contributed by atoms with Crippen LogP contribution in [0.4, 0.5) is 0 Å². The SMILES string of the molecule is CC(C)CCn1c(SC(C)C(=O)N2CCOCC2)nc2cc(Cl)ccc2c1=O. The number of ether oxygens (including phenoxy) is 1. The molecule has 0 radical (unpaired) electrons. The van der Waals surface area contributed by atoms with Crippen molar-refractivity contribution in [2.75, 3.05) is 26.3 Å². The Hall–Kier alpha value is -1.57. The van der Waals surface area contributed by atoms with Gasteiger partial charge in [-0.3, -0.25) is 14.2 Å². The lowest BCUT2D eigenvalue weighted by molar-refractivity contribution is -0.134. The number of fused-ring (bicyclic) bond motifs is 1. The maximum absolute atomic E-state index is 13.1. The Bertz CT molecular complexity index is 909. The first-order chi connectivity index (χ1) is 13.4. The van der Waals surface area contributed by atoms with E-state index in [1.165, 1.54) is 11.8 Å². The summed E-state index contributed by atoms with van der Waals surface area (Å²) in [6.07, 6.45) is 0.861. The third-order valence-electron chi connectivity index (χ3n) is 4.77. The third-order valence-corrected chi connectivity index (χ3v) is 6.08. The Balaban J connectivity index is 1.93. The third kappa shape index (κ3) is 4.88. The number of rotatable bonds is 6. The van der Waals surface area contributed by atoms with Gasteiger partial charge in [-0.1, -0.05) is 37.2 Å². The molecule has 1 aliphatic rings. The van der Waals surface area contributed by atoms with E-state index in [1.54, 1.807) is 22.8 Å². The number of amides is 1. The fourth-order valence-corrected chi connectivity index (χ4v) is 4.28. The summed E-state index contributed by atoms with van der Waals surface area (Å²) in [5.74, 6) is 0.502. The highest BCUT2D eigenvalue weighted by atomic mass is 35.5. The van der Waals surface area contributed by atoms with Gasteiger partial charge in [0.05, 0.1) is 29.4 Å². The topological polar surface area (TPSA) is 64.4 Å². The number of halogens is 1. The number of aromatic nitrogens is 2. The molecule has 1 unspecified atom stereocenters. The molecule has 0 aliphatic carbocycles. The summed E-state index contributed by atoms with van der Waals surface area (Å²) in [6, 6.07) is 5.12. The van der Waals surface area contributed by atoms with Crippen LogP contribution in [0.1, 0.15) is 27.2 Å². The Kier molecular flexibility index (Phi) is 7.01. The molecule has 1 aromatic heterocycles. The molecule has 3 rings (SSSR count). The van der Waals surface area contributed by atoms with Gasteiger partial charge in [0.1, 0.15) is 0 Å². The molecule has 0 saturated carbocycles. The minimum absolute atomic E-state index is 0.0455. The lowest BCUT2D eigenvalue weighted by Gasteiger charge is -2.29. The predicted octanol–water partition coefficient (Wildman–Crippen LogP) is 3.44. The summed E-state index contributed by atoms with van der Waals surface area (Å²) >= 11 is 7.43. The van der Waals surface area contributed by atoms with Crippen molar-refractivity contribution in [1.82, 2.24) is 14.5 Å². The first kappa shape index (κ1) is 21.1. The standard InChI is InChI=1S/C20H26ClN3O3S/c1-13(2)6-7-24-19(26)16-5-4-15(21)12-17(16)22-20(24)28-14(3)18(25)23-8-10-27-11-9-23/h4-5,12-14H,6-11H2,1-3H3. The van der Waals surface area contributed by atoms with Crippen molar-refractivity contribution >= 4 is 40.2 Å². The predicted molar refractivity (Wildman–Crippen MR) is 113 cm³/mol. The molecule has 0 bridgehead atoms. The van der Waals surface area contributed by atoms with Crippen LogP contribution in [0.5, 0.6) is 0 Å². The highest BCUT2D eigenvalue weighted by molar-refractivity contribution is 8.00. The molecule has 2 heterocycles. The van der Waals surface area contributed by atoms with Crippen LogP contribution in [-0.2, 0) is 16.1 Å². The molecule has 1 aliphatic heterocycles. The molecule has 1 atom stereocenters. The smallest absolute Gasteiger partial charge is 0.262 e. The van der Waals surface area contributed by atoms with Crippen LogP contribution < -0.4 is 5.56 Å². The first-order valence-electron chi connectivity index (χ1n) is 9.60. The summed E-state index contributed by atoms with van der Waals surface area (Å²) in [7, 11) is 0. The minimum atomic E-state index is -0.341. The summed E-state index contributed by atoms with van der Waals surface area (Å²) in [5, 5.41) is 1.30. The lowest BCUT2D eigenvalue weighted by atomic mass is 10.1. The van der Waals surface area contributed by atoms with Crippen molar-refractivity contribution in [3.8, 4) is 0 Å². The van der Waals surface area contributed by atoms with Gasteiger partial charge in [-0.15, -0.1) is 0 Å². The van der Waals surface area contributed by atoms with Crippen molar-refractivity contribution in [1.29, 1.82) is 0 Å². The molecule has 28 heavy (non-hydrogen) atoms. The van der Waals surface area contributed by atoms with E-state index in [0.29, 0.717) is 59.8 Å². The highest BCUT2D eigenvalue weighted by Crippen LogP contribution is 2.25. The summed E-state index contributed by atoms with van der Waals surface area (Å²) in [4.78, 5) is 32.4. The van der Waals surface area contributed by atoms with E-state index < -0.39 is 0 Å². The molecule has 0 N–H and O–H groups in total. The van der Waals surface area contributed by atoms with Gasteiger partial charge >= 0.3 is 0 Å². The van der Waals surface area contributed by atoms with Gasteiger partial charge in [-0.05, 0) is 37.5 Å². The Labute approximate surface area is 174 Å². The summed E-state index contributed by atoms with van der Waals surface area (Å²) < 4.78 is 7.02. The molecule has 2 aromatic rings. The zero-order valence-corrected chi connectivity index (χ0v) is 18.1. The second kappa shape index (κ2) is 9.29. The highest BCUT2D eigenvalue weighted by Gasteiger charge is 2.25. The Morgan fingerprint density at radius 2 is 2.00 bits per heavy atom. The lowest BCUT2D eigenvalue weighted by Crippen LogP contribution is -2.44. The number of hydrogen-bond donors (Lipinski definition) is 0. The Morgan fingerprint density at radius 1 is 1.29 bits per heavy atom. The first-order valence-corrected chi connectivity index (χ1v) is 10.9. The van der Waals surface area contributed by atoms with E-state index in [0.717, 1.165) is 6.42 Å². The van der Waals surface area contributed by atoms with Crippen molar-refractivity contribution in [3.63, 3.8) is 0 Å². The normalized spacial score (nSPS) is 16.0. The second-order valence-corrected chi connectivity index (χ2v) is 9.14. The summed E-state index contributed by atoms with van der Waals surface area (Å²) in [5.41, 5.74) is 0.475. The van der Waals surface area contributed by atoms with E-state index in [9.17, 15) is 9.59 Å². The maximum atomic E-state index is 13.1. The molecule has 1 aromatic carbocycles. The van der Waals surface area contributed by atoms with Gasteiger partial charge in [0.15, 0.2) is 5.16 Å². The zero-order valence-electron chi connectivity index (χ0n) is 16.5. The number of morpholine rings is 1. The average Bonchev–Trinajstić information content (AvgIpc) is 2.67. The van der Waals surface area contributed by atoms with Gasteiger partial charge < -0.3 is 9.64 Å². The second-order valence-electron chi connectivity index (χ2n) is 7.39. The van der Waals surface area contributed by atoms with E-state index in [-0.39, 0.29) is 16.7 Å². The molecule has 152 valence electrons. The van der Waals surface area contributed by atoms with E-state index in [1.807, 2.05) is 11.8 Å². The van der Waals surface area contributed by atoms with Crippen LogP contribution >= 0.6 is 23.4 Å². The Morgan fingerprint density at radius 3 is 2.68 bits per heavy atom. The number of hydrogen-bond acceptors (Lipinski definition) is 5. The van der Waals surface area contributed by atoms with Crippen LogP contribution in [0.3, 0.4) is 0 Å². The fourth-order valence-electron chi connectivity index (χ4n) is 3.10. The van der Waals surface area contributed by atoms with Gasteiger partial charge in [-0.2, -0.15) is 0 Å². The van der Waals surface area contributed by atoms with Crippen LogP contribution in [-0.4, -0.2) is 51.9 Å². The fraction of sp³-hybridized carbons (Fsp3) is 0.550. The van der Waals surface area contributed by atoms with Crippen LogP contribution in [0.2, 0.25) is 5.02 Å². The van der Waals surface area contributed by atoms with E-state index >= 15 is 0 Å². The average molecular weight is 424 g/mol. The zero-order chi connectivity index (χ0) is 20.3. The molecule has 1 saturated heterocycles. The number of carbonyl (C=O) groups is 1. The largest absolute Gasteiger partial charge is 0.378 e. The van der Waals surface area contributed by atoms with Crippen LogP contribution in [0.25, 0.3) is 10.9 Å². The molecule has 0 spiro atoms. The van der Waals surface area contributed by atoms with E-state index in [2.05, 4.69) is 18.8 Å². The maximum Gasteiger partial charge on any atom is 0.262 e. The van der Waals surface area contributed by atoms with Crippen LogP contribution in [0, 0.1) is 5.92 Å². The number of thioether (sulfide) groups is 1. The van der Waals surface area contributed by atoms with Gasteiger partial charge in [0, 0.05) is 24.7 Å². The number of nitrogens with zero attached hydrogens (tertiary/aromatic N) is 3. The van der Waals surface area contributed by atoms with Crippen molar-refractivity contribution in [3.05, 3.63) is 33.6 Å². The molecule has 6 nitrogen and oxygen atoms in total. The van der Waals surface area contributed by atoms with Crippen LogP contribution in [0.15, 0.2) is 28.2 Å². The van der Waals surface area contributed by atoms with Gasteiger partial charge in [0.25, 0.3) is 5.56 Å². The molecule has 8 heteroatoms. The van der Waals surface area contributed by atoms with Crippen molar-refractivity contribution in [2.24, 2.45) is 5.92 Å². The van der Waals surface area contributed by atoms with Crippen molar-refractivity contribution < 1.29 is 9.53 Å². The van der Waals surface area contributed by atoms with Gasteiger partial charge in [-0.25, -0.2) is 4.98 Å². The molecule has 1 fully saturated rings. The summed E-state index contributed by atoms with van der Waals surface area (Å²) in [6.45, 7) is 9.01. The molecular weight excluding hydrogens is 398 g/mol.